The van der Waals surface area contributed by atoms with Crippen LogP contribution in [0.2, 0.25) is 0 Å². The molecule has 3 aromatic carbocycles. The molecule has 3 aromatic rings. The molecule has 0 spiro atoms. The van der Waals surface area contributed by atoms with Crippen LogP contribution in [0.1, 0.15) is 46.0 Å². The van der Waals surface area contributed by atoms with E-state index in [-0.39, 0.29) is 12.5 Å². The van der Waals surface area contributed by atoms with E-state index in [0.717, 1.165) is 18.4 Å². The van der Waals surface area contributed by atoms with Gasteiger partial charge in [-0.1, -0.05) is 92.2 Å². The van der Waals surface area contributed by atoms with E-state index in [4.69, 9.17) is 0 Å². The van der Waals surface area contributed by atoms with Gasteiger partial charge >= 0.3 is 0 Å². The largest absolute Gasteiger partial charge is 0.354 e. The highest BCUT2D eigenvalue weighted by atomic mass is 16.2. The first-order valence-corrected chi connectivity index (χ1v) is 10.9. The van der Waals surface area contributed by atoms with Crippen molar-refractivity contribution in [1.82, 2.24) is 10.2 Å². The summed E-state index contributed by atoms with van der Waals surface area (Å²) < 4.78 is 0. The Morgan fingerprint density at radius 1 is 0.781 bits per heavy atom. The van der Waals surface area contributed by atoms with Crippen LogP contribution in [-0.2, 0) is 11.3 Å². The molecule has 5 heteroatoms. The highest BCUT2D eigenvalue weighted by Crippen LogP contribution is 2.18. The molecule has 0 aliphatic carbocycles. The highest BCUT2D eigenvalue weighted by molar-refractivity contribution is 6.16. The van der Waals surface area contributed by atoms with Crippen LogP contribution in [0.25, 0.3) is 0 Å². The monoisotopic (exact) mass is 428 g/mol. The Kier molecular flexibility index (Phi) is 8.32. The maximum absolute atomic E-state index is 13.6. The van der Waals surface area contributed by atoms with E-state index in [1.165, 1.54) is 4.90 Å². The summed E-state index contributed by atoms with van der Waals surface area (Å²) in [6.45, 7) is 2.62. The minimum Gasteiger partial charge on any atom is -0.354 e. The predicted octanol–water partition coefficient (Wildman–Crippen LogP) is 4.50. The van der Waals surface area contributed by atoms with Crippen LogP contribution in [0, 0.1) is 0 Å². The molecular formula is C27H28N2O3. The van der Waals surface area contributed by atoms with Crippen molar-refractivity contribution in [2.45, 2.75) is 32.4 Å². The van der Waals surface area contributed by atoms with Crippen LogP contribution in [-0.4, -0.2) is 35.1 Å². The molecule has 0 radical (unpaired) electrons. The predicted molar refractivity (Wildman–Crippen MR) is 125 cm³/mol. The number of nitrogens with zero attached hydrogens (tertiary/aromatic N) is 1. The first kappa shape index (κ1) is 22.9. The van der Waals surface area contributed by atoms with Crippen LogP contribution in [0.5, 0.6) is 0 Å². The number of unbranched alkanes of at least 4 members (excludes halogenated alkanes) is 1. The molecule has 0 aromatic heterocycles. The second-order valence-corrected chi connectivity index (χ2v) is 7.56. The molecule has 164 valence electrons. The summed E-state index contributed by atoms with van der Waals surface area (Å²) in [6, 6.07) is 25.5. The number of Topliss-reactive ketones (excluding diaryl/α,β-unsaturated/α-hetero) is 1. The number of ketones is 1. The first-order valence-electron chi connectivity index (χ1n) is 10.9. The second-order valence-electron chi connectivity index (χ2n) is 7.56. The molecule has 0 aliphatic rings. The van der Waals surface area contributed by atoms with Gasteiger partial charge in [0.2, 0.25) is 0 Å². The molecule has 5 nitrogen and oxygen atoms in total. The number of amides is 2. The van der Waals surface area contributed by atoms with Gasteiger partial charge in [-0.15, -0.1) is 0 Å². The van der Waals surface area contributed by atoms with Crippen molar-refractivity contribution in [3.8, 4) is 0 Å². The number of carbonyl (C=O) groups is 3. The van der Waals surface area contributed by atoms with Gasteiger partial charge in [-0.25, -0.2) is 0 Å². The van der Waals surface area contributed by atoms with E-state index < -0.39 is 17.7 Å². The van der Waals surface area contributed by atoms with E-state index in [2.05, 4.69) is 5.32 Å². The van der Waals surface area contributed by atoms with Gasteiger partial charge in [0.25, 0.3) is 11.8 Å². The number of rotatable bonds is 10. The van der Waals surface area contributed by atoms with E-state index in [0.29, 0.717) is 17.7 Å². The molecule has 0 fully saturated rings. The van der Waals surface area contributed by atoms with E-state index in [9.17, 15) is 14.4 Å². The summed E-state index contributed by atoms with van der Waals surface area (Å²) in [5.74, 6) is -1.23. The summed E-state index contributed by atoms with van der Waals surface area (Å²) in [4.78, 5) is 41.7. The Bertz CT molecular complexity index is 1020. The number of benzene rings is 3. The van der Waals surface area contributed by atoms with E-state index >= 15 is 0 Å². The standard InChI is InChI=1S/C27H28N2O3/c1-2-3-19-28-26(31)24(25(30)22-15-9-5-10-16-22)29(20-21-13-7-4-8-14-21)27(32)23-17-11-6-12-18-23/h4-18,24H,2-3,19-20H2,1H3,(H,28,31). The van der Waals surface area contributed by atoms with Gasteiger partial charge in [-0.05, 0) is 24.1 Å². The molecule has 3 rings (SSSR count). The van der Waals surface area contributed by atoms with Gasteiger partial charge in [0, 0.05) is 24.2 Å². The van der Waals surface area contributed by atoms with Crippen molar-refractivity contribution in [3.05, 3.63) is 108 Å². The maximum Gasteiger partial charge on any atom is 0.255 e. The zero-order valence-electron chi connectivity index (χ0n) is 18.2. The van der Waals surface area contributed by atoms with Crippen LogP contribution in [0.3, 0.4) is 0 Å². The third-order valence-electron chi connectivity index (χ3n) is 5.17. The number of carbonyl (C=O) groups excluding carboxylic acids is 3. The van der Waals surface area contributed by atoms with Gasteiger partial charge in [0.05, 0.1) is 0 Å². The smallest absolute Gasteiger partial charge is 0.255 e. The molecule has 2 amide bonds. The van der Waals surface area contributed by atoms with Gasteiger partial charge < -0.3 is 10.2 Å². The van der Waals surface area contributed by atoms with Crippen molar-refractivity contribution in [2.75, 3.05) is 6.54 Å². The maximum atomic E-state index is 13.6. The Morgan fingerprint density at radius 2 is 1.31 bits per heavy atom. The molecule has 0 bridgehead atoms. The van der Waals surface area contributed by atoms with Gasteiger partial charge in [0.1, 0.15) is 0 Å². The van der Waals surface area contributed by atoms with Crippen molar-refractivity contribution in [3.63, 3.8) is 0 Å². The topological polar surface area (TPSA) is 66.5 Å². The minimum absolute atomic E-state index is 0.138. The lowest BCUT2D eigenvalue weighted by molar-refractivity contribution is -0.124. The van der Waals surface area contributed by atoms with Gasteiger partial charge in [0.15, 0.2) is 11.8 Å². The molecule has 1 N–H and O–H groups in total. The van der Waals surface area contributed by atoms with Crippen molar-refractivity contribution >= 4 is 17.6 Å². The van der Waals surface area contributed by atoms with Crippen LogP contribution in [0.4, 0.5) is 0 Å². The second kappa shape index (κ2) is 11.6. The Balaban J connectivity index is 2.03. The fourth-order valence-corrected chi connectivity index (χ4v) is 3.45. The molecule has 32 heavy (non-hydrogen) atoms. The molecule has 1 atom stereocenters. The van der Waals surface area contributed by atoms with Gasteiger partial charge in [-0.3, -0.25) is 14.4 Å². The summed E-state index contributed by atoms with van der Waals surface area (Å²) in [5.41, 5.74) is 1.65. The molecule has 1 unspecified atom stereocenters. The number of hydrogen-bond acceptors (Lipinski definition) is 3. The first-order chi connectivity index (χ1) is 15.6. The van der Waals surface area contributed by atoms with E-state index in [1.807, 2.05) is 49.4 Å². The zero-order chi connectivity index (χ0) is 22.8. The Labute approximate surface area is 189 Å². The van der Waals surface area contributed by atoms with Crippen LogP contribution < -0.4 is 5.32 Å². The quantitative estimate of drug-likeness (QED) is 0.294. The number of hydrogen-bond donors (Lipinski definition) is 1. The fraction of sp³-hybridized carbons (Fsp3) is 0.222. The SMILES string of the molecule is CCCCNC(=O)C(C(=O)c1ccccc1)N(Cc1ccccc1)C(=O)c1ccccc1. The average molecular weight is 429 g/mol. The normalized spacial score (nSPS) is 11.4. The molecule has 0 saturated carbocycles. The Morgan fingerprint density at radius 3 is 1.88 bits per heavy atom. The third-order valence-corrected chi connectivity index (χ3v) is 5.17. The Hall–Kier alpha value is -3.73. The highest BCUT2D eigenvalue weighted by Gasteiger charge is 2.36. The summed E-state index contributed by atoms with van der Waals surface area (Å²) >= 11 is 0. The minimum atomic E-state index is -1.28. The third kappa shape index (κ3) is 5.91. The summed E-state index contributed by atoms with van der Waals surface area (Å²) in [6.07, 6.45) is 1.71. The van der Waals surface area contributed by atoms with Gasteiger partial charge in [-0.2, -0.15) is 0 Å². The average Bonchev–Trinajstić information content (AvgIpc) is 2.85. The summed E-state index contributed by atoms with van der Waals surface area (Å²) in [7, 11) is 0. The van der Waals surface area contributed by atoms with Crippen molar-refractivity contribution < 1.29 is 14.4 Å². The zero-order valence-corrected chi connectivity index (χ0v) is 18.2. The number of nitrogens with one attached hydrogen (secondary N) is 1. The molecule has 0 saturated heterocycles. The lowest BCUT2D eigenvalue weighted by Gasteiger charge is -2.30. The van der Waals surface area contributed by atoms with Crippen molar-refractivity contribution in [1.29, 1.82) is 0 Å². The summed E-state index contributed by atoms with van der Waals surface area (Å²) in [5, 5.41) is 2.85. The van der Waals surface area contributed by atoms with Crippen LogP contribution >= 0.6 is 0 Å². The lowest BCUT2D eigenvalue weighted by Crippen LogP contribution is -2.53. The fourth-order valence-electron chi connectivity index (χ4n) is 3.45. The molecule has 0 heterocycles. The lowest BCUT2D eigenvalue weighted by atomic mass is 10.00. The molecular weight excluding hydrogens is 400 g/mol. The van der Waals surface area contributed by atoms with Crippen LogP contribution in [0.15, 0.2) is 91.0 Å². The van der Waals surface area contributed by atoms with Crippen molar-refractivity contribution in [2.24, 2.45) is 0 Å². The van der Waals surface area contributed by atoms with E-state index in [1.54, 1.807) is 48.5 Å². The molecule has 0 aliphatic heterocycles.